The number of pyridine rings is 1. The lowest BCUT2D eigenvalue weighted by molar-refractivity contribution is 0.0994. The van der Waals surface area contributed by atoms with E-state index in [-0.39, 0.29) is 17.6 Å². The van der Waals surface area contributed by atoms with Crippen LogP contribution in [0.25, 0.3) is 5.69 Å². The second kappa shape index (κ2) is 5.70. The molecule has 6 nitrogen and oxygen atoms in total. The third-order valence-corrected chi connectivity index (χ3v) is 4.47. The van der Waals surface area contributed by atoms with Crippen LogP contribution in [0.3, 0.4) is 0 Å². The Bertz CT molecular complexity index is 953. The summed E-state index contributed by atoms with van der Waals surface area (Å²) >= 11 is 0. The number of rotatable bonds is 3. The summed E-state index contributed by atoms with van der Waals surface area (Å²) in [6.45, 7) is 2.42. The van der Waals surface area contributed by atoms with Gasteiger partial charge in [-0.05, 0) is 37.3 Å². The summed E-state index contributed by atoms with van der Waals surface area (Å²) in [7, 11) is 0. The molecular formula is C18H16FN5O. The summed E-state index contributed by atoms with van der Waals surface area (Å²) in [6.07, 6.45) is 3.27. The van der Waals surface area contributed by atoms with Crippen molar-refractivity contribution in [2.24, 2.45) is 5.73 Å². The molecule has 0 spiro atoms. The first-order chi connectivity index (χ1) is 12.1. The van der Waals surface area contributed by atoms with Gasteiger partial charge in [-0.2, -0.15) is 0 Å². The van der Waals surface area contributed by atoms with E-state index in [1.807, 2.05) is 30.0 Å². The van der Waals surface area contributed by atoms with Crippen molar-refractivity contribution in [2.75, 3.05) is 4.90 Å². The van der Waals surface area contributed by atoms with Crippen molar-refractivity contribution in [3.8, 4) is 5.69 Å². The predicted molar refractivity (Wildman–Crippen MR) is 90.9 cm³/mol. The molecule has 0 fully saturated rings. The van der Waals surface area contributed by atoms with Gasteiger partial charge in [-0.3, -0.25) is 14.3 Å². The fraction of sp³-hybridized carbons (Fsp3) is 0.167. The molecule has 4 rings (SSSR count). The quantitative estimate of drug-likeness (QED) is 0.797. The first-order valence-corrected chi connectivity index (χ1v) is 7.90. The standard InChI is InChI=1S/C18H16FN5O/c1-11-17-16(18(20)25)22-10-24(17)14-6-5-12(19)8-15(14)23(11)9-13-4-2-3-7-21-13/h2-8,10-11H,9H2,1H3,(H2,20,25)/t11-/m1/s1. The van der Waals surface area contributed by atoms with Gasteiger partial charge in [0.1, 0.15) is 12.1 Å². The smallest absolute Gasteiger partial charge is 0.269 e. The summed E-state index contributed by atoms with van der Waals surface area (Å²) in [5.74, 6) is -0.903. The van der Waals surface area contributed by atoms with Gasteiger partial charge in [-0.15, -0.1) is 0 Å². The number of nitrogens with zero attached hydrogens (tertiary/aromatic N) is 4. The van der Waals surface area contributed by atoms with E-state index in [0.717, 1.165) is 17.1 Å². The Morgan fingerprint density at radius 3 is 2.80 bits per heavy atom. The van der Waals surface area contributed by atoms with Gasteiger partial charge in [-0.25, -0.2) is 9.37 Å². The van der Waals surface area contributed by atoms with Crippen LogP contribution in [0, 0.1) is 5.82 Å². The lowest BCUT2D eigenvalue weighted by atomic mass is 10.0. The highest BCUT2D eigenvalue weighted by molar-refractivity contribution is 5.93. The number of carbonyl (C=O) groups is 1. The molecular weight excluding hydrogens is 321 g/mol. The van der Waals surface area contributed by atoms with Gasteiger partial charge in [0, 0.05) is 6.20 Å². The second-order valence-corrected chi connectivity index (χ2v) is 5.97. The van der Waals surface area contributed by atoms with Crippen LogP contribution in [-0.4, -0.2) is 20.4 Å². The summed E-state index contributed by atoms with van der Waals surface area (Å²) in [5.41, 5.74) is 8.73. The highest BCUT2D eigenvalue weighted by Crippen LogP contribution is 2.40. The molecule has 25 heavy (non-hydrogen) atoms. The van der Waals surface area contributed by atoms with Crippen molar-refractivity contribution < 1.29 is 9.18 Å². The average molecular weight is 337 g/mol. The number of carbonyl (C=O) groups excluding carboxylic acids is 1. The number of primary amides is 1. The number of hydrogen-bond acceptors (Lipinski definition) is 4. The fourth-order valence-electron chi connectivity index (χ4n) is 3.31. The Morgan fingerprint density at radius 2 is 2.08 bits per heavy atom. The number of imidazole rings is 1. The summed E-state index contributed by atoms with van der Waals surface area (Å²) in [6, 6.07) is 9.99. The molecule has 1 amide bonds. The number of nitrogens with two attached hydrogens (primary N) is 1. The number of aromatic nitrogens is 3. The van der Waals surface area contributed by atoms with E-state index in [9.17, 15) is 9.18 Å². The number of halogens is 1. The molecule has 0 unspecified atom stereocenters. The molecule has 0 radical (unpaired) electrons. The Balaban J connectivity index is 1.89. The summed E-state index contributed by atoms with van der Waals surface area (Å²) in [5, 5.41) is 0. The van der Waals surface area contributed by atoms with Crippen LogP contribution in [0.5, 0.6) is 0 Å². The van der Waals surface area contributed by atoms with E-state index in [1.165, 1.54) is 12.1 Å². The summed E-state index contributed by atoms with van der Waals surface area (Å²) < 4.78 is 15.7. The molecule has 1 atom stereocenters. The SMILES string of the molecule is C[C@@H]1c2c(C(N)=O)ncn2-c2ccc(F)cc2N1Cc1ccccn1. The van der Waals surface area contributed by atoms with Crippen molar-refractivity contribution in [1.82, 2.24) is 14.5 Å². The van der Waals surface area contributed by atoms with Gasteiger partial charge in [0.05, 0.1) is 35.3 Å². The zero-order valence-corrected chi connectivity index (χ0v) is 13.6. The summed E-state index contributed by atoms with van der Waals surface area (Å²) in [4.78, 5) is 22.3. The zero-order valence-electron chi connectivity index (χ0n) is 13.6. The molecule has 1 aromatic carbocycles. The van der Waals surface area contributed by atoms with Crippen molar-refractivity contribution in [2.45, 2.75) is 19.5 Å². The van der Waals surface area contributed by atoms with Crippen LogP contribution in [-0.2, 0) is 6.54 Å². The van der Waals surface area contributed by atoms with Gasteiger partial charge >= 0.3 is 0 Å². The number of anilines is 1. The molecule has 1 aliphatic rings. The molecule has 1 aliphatic heterocycles. The van der Waals surface area contributed by atoms with Gasteiger partial charge in [-0.1, -0.05) is 6.07 Å². The van der Waals surface area contributed by atoms with Gasteiger partial charge < -0.3 is 10.6 Å². The van der Waals surface area contributed by atoms with Crippen LogP contribution in [0.15, 0.2) is 48.9 Å². The van der Waals surface area contributed by atoms with Gasteiger partial charge in [0.2, 0.25) is 0 Å². The molecule has 3 heterocycles. The third kappa shape index (κ3) is 2.44. The largest absolute Gasteiger partial charge is 0.364 e. The van der Waals surface area contributed by atoms with Crippen molar-refractivity contribution in [3.63, 3.8) is 0 Å². The fourth-order valence-corrected chi connectivity index (χ4v) is 3.31. The van der Waals surface area contributed by atoms with Crippen LogP contribution < -0.4 is 10.6 Å². The van der Waals surface area contributed by atoms with Crippen LogP contribution in [0.2, 0.25) is 0 Å². The minimum Gasteiger partial charge on any atom is -0.364 e. The minimum absolute atomic E-state index is 0.221. The number of amides is 1. The highest BCUT2D eigenvalue weighted by Gasteiger charge is 2.33. The molecule has 0 aliphatic carbocycles. The predicted octanol–water partition coefficient (Wildman–Crippen LogP) is 2.59. The first kappa shape index (κ1) is 15.3. The second-order valence-electron chi connectivity index (χ2n) is 5.97. The van der Waals surface area contributed by atoms with E-state index in [4.69, 9.17) is 5.73 Å². The van der Waals surface area contributed by atoms with E-state index < -0.39 is 5.91 Å². The van der Waals surface area contributed by atoms with Crippen LogP contribution in [0.4, 0.5) is 10.1 Å². The van der Waals surface area contributed by atoms with Crippen LogP contribution >= 0.6 is 0 Å². The third-order valence-electron chi connectivity index (χ3n) is 4.47. The molecule has 7 heteroatoms. The van der Waals surface area contributed by atoms with E-state index in [2.05, 4.69) is 9.97 Å². The molecule has 0 saturated heterocycles. The number of hydrogen-bond donors (Lipinski definition) is 1. The minimum atomic E-state index is -0.580. The molecule has 2 N–H and O–H groups in total. The zero-order chi connectivity index (χ0) is 17.6. The normalized spacial score (nSPS) is 15.6. The van der Waals surface area contributed by atoms with Crippen LogP contribution in [0.1, 0.15) is 34.8 Å². The average Bonchev–Trinajstić information content (AvgIpc) is 3.05. The maximum atomic E-state index is 13.9. The first-order valence-electron chi connectivity index (χ1n) is 7.90. The maximum Gasteiger partial charge on any atom is 0.269 e. The monoisotopic (exact) mass is 337 g/mol. The van der Waals surface area contributed by atoms with Crippen molar-refractivity contribution >= 4 is 11.6 Å². The molecule has 126 valence electrons. The van der Waals surface area contributed by atoms with E-state index >= 15 is 0 Å². The number of fused-ring (bicyclic) bond motifs is 3. The lowest BCUT2D eigenvalue weighted by Gasteiger charge is -2.37. The van der Waals surface area contributed by atoms with E-state index in [1.54, 1.807) is 23.2 Å². The Labute approximate surface area is 143 Å². The lowest BCUT2D eigenvalue weighted by Crippen LogP contribution is -2.34. The molecule has 2 aromatic heterocycles. The van der Waals surface area contributed by atoms with Gasteiger partial charge in [0.15, 0.2) is 5.69 Å². The molecule has 3 aromatic rings. The highest BCUT2D eigenvalue weighted by atomic mass is 19.1. The Hall–Kier alpha value is -3.22. The van der Waals surface area contributed by atoms with Gasteiger partial charge in [0.25, 0.3) is 5.91 Å². The van der Waals surface area contributed by atoms with E-state index in [0.29, 0.717) is 12.2 Å². The van der Waals surface area contributed by atoms with Crippen molar-refractivity contribution in [3.05, 3.63) is 71.8 Å². The Morgan fingerprint density at radius 1 is 1.24 bits per heavy atom. The maximum absolute atomic E-state index is 13.9. The molecule has 0 bridgehead atoms. The van der Waals surface area contributed by atoms with Crippen molar-refractivity contribution in [1.29, 1.82) is 0 Å². The molecule has 0 saturated carbocycles. The number of benzene rings is 1. The Kier molecular flexibility index (Phi) is 3.49. The topological polar surface area (TPSA) is 77.0 Å².